The largest absolute Gasteiger partial charge is 0.497 e. The fourth-order valence-corrected chi connectivity index (χ4v) is 5.74. The number of carbonyl (C=O) groups excluding carboxylic acids is 1. The van der Waals surface area contributed by atoms with Crippen LogP contribution in [0.15, 0.2) is 119 Å². The first kappa shape index (κ1) is 28.2. The minimum Gasteiger partial charge on any atom is -0.497 e. The van der Waals surface area contributed by atoms with E-state index >= 15 is 0 Å². The molecule has 0 unspecified atom stereocenters. The molecule has 6 aromatic rings. The van der Waals surface area contributed by atoms with E-state index in [0.717, 1.165) is 22.6 Å². The van der Waals surface area contributed by atoms with Crippen molar-refractivity contribution in [2.75, 3.05) is 7.11 Å². The lowest BCUT2D eigenvalue weighted by atomic mass is 10.1. The van der Waals surface area contributed by atoms with E-state index in [0.29, 0.717) is 33.0 Å². The molecule has 0 atom stereocenters. The van der Waals surface area contributed by atoms with Crippen LogP contribution < -0.4 is 24.8 Å². The lowest BCUT2D eigenvalue weighted by Crippen LogP contribution is -2.33. The Labute approximate surface area is 255 Å². The highest BCUT2D eigenvalue weighted by Crippen LogP contribution is 2.26. The highest BCUT2D eigenvalue weighted by molar-refractivity contribution is 7.07. The van der Waals surface area contributed by atoms with Gasteiger partial charge in [-0.15, -0.1) is 11.3 Å². The van der Waals surface area contributed by atoms with Gasteiger partial charge in [0.25, 0.3) is 11.5 Å². The van der Waals surface area contributed by atoms with E-state index in [-0.39, 0.29) is 22.3 Å². The molecule has 44 heavy (non-hydrogen) atoms. The van der Waals surface area contributed by atoms with Crippen LogP contribution in [0.1, 0.15) is 11.3 Å². The lowest BCUT2D eigenvalue weighted by molar-refractivity contribution is -0.115. The molecule has 3 heterocycles. The second-order valence-corrected chi connectivity index (χ2v) is 10.6. The quantitative estimate of drug-likeness (QED) is 0.281. The van der Waals surface area contributed by atoms with Crippen LogP contribution in [0, 0.1) is 11.3 Å². The minimum absolute atomic E-state index is 0.0980. The van der Waals surface area contributed by atoms with Gasteiger partial charge >= 0.3 is 0 Å². The highest BCUT2D eigenvalue weighted by atomic mass is 32.1. The topological polar surface area (TPSA) is 115 Å². The predicted molar refractivity (Wildman–Crippen MR) is 168 cm³/mol. The number of benzene rings is 3. The van der Waals surface area contributed by atoms with E-state index in [4.69, 9.17) is 14.3 Å². The van der Waals surface area contributed by atoms with Crippen molar-refractivity contribution in [2.24, 2.45) is 0 Å². The van der Waals surface area contributed by atoms with Gasteiger partial charge in [0.1, 0.15) is 27.9 Å². The maximum Gasteiger partial charge on any atom is 0.273 e. The number of nitriles is 1. The molecule has 3 aromatic heterocycles. The Morgan fingerprint density at radius 2 is 1.70 bits per heavy atom. The first-order valence-electron chi connectivity index (χ1n) is 13.6. The third-order valence-corrected chi connectivity index (χ3v) is 7.90. The summed E-state index contributed by atoms with van der Waals surface area (Å²) in [6, 6.07) is 31.5. The average Bonchev–Trinajstić information content (AvgIpc) is 3.82. The Bertz CT molecular complexity index is 2140. The number of carbonyl (C=O) groups is 1. The zero-order valence-electron chi connectivity index (χ0n) is 23.5. The van der Waals surface area contributed by atoms with Crippen molar-refractivity contribution in [3.63, 3.8) is 0 Å². The molecule has 0 bridgehead atoms. The van der Waals surface area contributed by atoms with Crippen molar-refractivity contribution in [3.8, 4) is 34.5 Å². The first-order chi connectivity index (χ1) is 21.6. The number of nitrogens with one attached hydrogen (secondary N) is 1. The molecule has 0 aliphatic carbocycles. The lowest BCUT2D eigenvalue weighted by Gasteiger charge is -2.04. The van der Waals surface area contributed by atoms with Crippen LogP contribution in [-0.4, -0.2) is 27.4 Å². The van der Waals surface area contributed by atoms with E-state index in [1.807, 2.05) is 72.9 Å². The maximum atomic E-state index is 14.0. The number of ether oxygens (including phenoxy) is 1. The number of hydrogen-bond acceptors (Lipinski definition) is 7. The van der Waals surface area contributed by atoms with Crippen LogP contribution in [-0.2, 0) is 11.3 Å². The summed E-state index contributed by atoms with van der Waals surface area (Å²) in [5, 5.41) is 17.7. The second-order valence-electron chi connectivity index (χ2n) is 9.58. The summed E-state index contributed by atoms with van der Waals surface area (Å²) in [4.78, 5) is 27.2. The number of para-hydroxylation sites is 2. The number of furan rings is 1. The normalized spacial score (nSPS) is 12.0. The SMILES string of the molecule is COc1ccc(-c2nn(-c3ccccc3)cc2/C=c2/s/c(=C(/C#N)C(=O)NCc3ccco3)n(-c3ccccc3)c2=O)cc1. The zero-order chi connectivity index (χ0) is 30.5. The standard InChI is InChI=1S/C34H25N5O4S/c1-42-27-16-14-23(15-17-27)31-24(22-38(37-31)25-9-4-2-5-10-25)19-30-33(41)39(26-11-6-3-7-12-26)34(44-30)29(20-35)32(40)36-21-28-13-8-18-43-28/h2-19,22H,21H2,1H3,(H,36,40)/b30-19+,34-29-. The molecule has 0 aliphatic rings. The molecule has 9 nitrogen and oxygen atoms in total. The molecule has 1 N–H and O–H groups in total. The van der Waals surface area contributed by atoms with Gasteiger partial charge in [-0.2, -0.15) is 10.4 Å². The Kier molecular flexibility index (Phi) is 8.03. The number of aromatic nitrogens is 3. The van der Waals surface area contributed by atoms with Crippen LogP contribution >= 0.6 is 11.3 Å². The Hall–Kier alpha value is -5.92. The van der Waals surface area contributed by atoms with Gasteiger partial charge in [-0.25, -0.2) is 4.68 Å². The van der Waals surface area contributed by atoms with Crippen LogP contribution in [0.3, 0.4) is 0 Å². The molecule has 1 amide bonds. The molecule has 0 spiro atoms. The van der Waals surface area contributed by atoms with Gasteiger partial charge in [0.15, 0.2) is 5.57 Å². The van der Waals surface area contributed by atoms with Gasteiger partial charge in [-0.1, -0.05) is 36.4 Å². The summed E-state index contributed by atoms with van der Waals surface area (Å²) in [5.41, 5.74) is 3.00. The summed E-state index contributed by atoms with van der Waals surface area (Å²) in [5.74, 6) is 0.635. The molecule has 216 valence electrons. The van der Waals surface area contributed by atoms with Crippen LogP contribution in [0.2, 0.25) is 0 Å². The van der Waals surface area contributed by atoms with Gasteiger partial charge in [-0.3, -0.25) is 14.2 Å². The molecule has 0 aliphatic heterocycles. The first-order valence-corrected chi connectivity index (χ1v) is 14.4. The Morgan fingerprint density at radius 1 is 1.00 bits per heavy atom. The minimum atomic E-state index is -0.614. The molecule has 0 fully saturated rings. The molecule has 0 radical (unpaired) electrons. The van der Waals surface area contributed by atoms with Gasteiger partial charge < -0.3 is 14.5 Å². The summed E-state index contributed by atoms with van der Waals surface area (Å²) in [6.07, 6.45) is 5.11. The molecule has 10 heteroatoms. The molecule has 0 saturated carbocycles. The van der Waals surface area contributed by atoms with Crippen molar-refractivity contribution in [3.05, 3.63) is 140 Å². The number of thiazole rings is 1. The van der Waals surface area contributed by atoms with E-state index < -0.39 is 5.91 Å². The smallest absolute Gasteiger partial charge is 0.273 e. The fraction of sp³-hybridized carbons (Fsp3) is 0.0588. The monoisotopic (exact) mass is 599 g/mol. The second kappa shape index (κ2) is 12.5. The summed E-state index contributed by atoms with van der Waals surface area (Å²) < 4.78 is 14.3. The van der Waals surface area contributed by atoms with Crippen molar-refractivity contribution >= 4 is 28.9 Å². The van der Waals surface area contributed by atoms with E-state index in [9.17, 15) is 14.9 Å². The maximum absolute atomic E-state index is 14.0. The van der Waals surface area contributed by atoms with Crippen LogP contribution in [0.5, 0.6) is 5.75 Å². The van der Waals surface area contributed by atoms with Crippen molar-refractivity contribution in [1.29, 1.82) is 5.26 Å². The summed E-state index contributed by atoms with van der Waals surface area (Å²) in [7, 11) is 1.61. The molecule has 6 rings (SSSR count). The van der Waals surface area contributed by atoms with Gasteiger partial charge in [0.2, 0.25) is 0 Å². The third-order valence-electron chi connectivity index (χ3n) is 6.81. The van der Waals surface area contributed by atoms with Crippen molar-refractivity contribution in [1.82, 2.24) is 19.7 Å². The number of methoxy groups -OCH3 is 1. The molecule has 3 aromatic carbocycles. The van der Waals surface area contributed by atoms with Crippen LogP contribution in [0.25, 0.3) is 34.3 Å². The number of rotatable bonds is 8. The molecule has 0 saturated heterocycles. The number of nitrogens with zero attached hydrogens (tertiary/aromatic N) is 4. The molecular formula is C34H25N5O4S. The fourth-order valence-electron chi connectivity index (χ4n) is 4.65. The Balaban J connectivity index is 1.55. The number of amides is 1. The van der Waals surface area contributed by atoms with E-state index in [1.165, 1.54) is 10.8 Å². The van der Waals surface area contributed by atoms with Gasteiger partial charge in [-0.05, 0) is 66.7 Å². The van der Waals surface area contributed by atoms with Gasteiger partial charge in [0, 0.05) is 17.3 Å². The zero-order valence-corrected chi connectivity index (χ0v) is 24.3. The molecular weight excluding hydrogens is 574 g/mol. The number of hydrogen-bond donors (Lipinski definition) is 1. The van der Waals surface area contributed by atoms with Crippen LogP contribution in [0.4, 0.5) is 0 Å². The highest BCUT2D eigenvalue weighted by Gasteiger charge is 2.18. The average molecular weight is 600 g/mol. The van der Waals surface area contributed by atoms with Crippen molar-refractivity contribution < 1.29 is 13.9 Å². The summed E-state index contributed by atoms with van der Waals surface area (Å²) in [6.45, 7) is 0.0980. The third kappa shape index (κ3) is 5.72. The van der Waals surface area contributed by atoms with Gasteiger partial charge in [0.05, 0.1) is 35.8 Å². The predicted octanol–water partition coefficient (Wildman–Crippen LogP) is 4.17. The van der Waals surface area contributed by atoms with Crippen molar-refractivity contribution in [2.45, 2.75) is 6.54 Å². The summed E-state index contributed by atoms with van der Waals surface area (Å²) >= 11 is 1.07. The van der Waals surface area contributed by atoms with E-state index in [1.54, 1.807) is 54.3 Å². The van der Waals surface area contributed by atoms with E-state index in [2.05, 4.69) is 5.32 Å². The Morgan fingerprint density at radius 3 is 2.34 bits per heavy atom.